The van der Waals surface area contributed by atoms with E-state index in [1.54, 1.807) is 12.1 Å². The van der Waals surface area contributed by atoms with Gasteiger partial charge in [-0.15, -0.1) is 0 Å². The van der Waals surface area contributed by atoms with Crippen LogP contribution < -0.4 is 0 Å². The van der Waals surface area contributed by atoms with Gasteiger partial charge in [-0.2, -0.15) is 0 Å². The molecular formula is C14H20ClNO. The molecule has 0 aliphatic heterocycles. The number of likely N-dealkylation sites (N-methyl/N-ethyl adjacent to an activating group) is 1. The summed E-state index contributed by atoms with van der Waals surface area (Å²) in [4.78, 5) is 2.17. The summed E-state index contributed by atoms with van der Waals surface area (Å²) in [5, 5.41) is 10.8. The van der Waals surface area contributed by atoms with Crippen LogP contribution in [0.3, 0.4) is 0 Å². The largest absolute Gasteiger partial charge is 0.387 e. The standard InChI is InChI=1S/C14H20ClNO/c1-4-16(9-11(2)3)10-14(17)12-5-7-13(15)8-6-12/h5-8,14,17H,2,4,9-10H2,1,3H3. The number of rotatable bonds is 6. The Morgan fingerprint density at radius 2 is 2.00 bits per heavy atom. The summed E-state index contributed by atoms with van der Waals surface area (Å²) in [6, 6.07) is 7.33. The van der Waals surface area contributed by atoms with Gasteiger partial charge in [0, 0.05) is 18.1 Å². The van der Waals surface area contributed by atoms with Gasteiger partial charge in [-0.3, -0.25) is 4.90 Å². The summed E-state index contributed by atoms with van der Waals surface area (Å²) in [5.41, 5.74) is 2.00. The molecule has 0 aliphatic carbocycles. The Kier molecular flexibility index (Phi) is 5.69. The molecule has 0 aliphatic rings. The van der Waals surface area contributed by atoms with Crippen LogP contribution in [0.15, 0.2) is 36.4 Å². The van der Waals surface area contributed by atoms with E-state index in [9.17, 15) is 5.11 Å². The molecule has 0 radical (unpaired) electrons. The molecule has 1 aromatic rings. The minimum Gasteiger partial charge on any atom is -0.387 e. The molecular weight excluding hydrogens is 234 g/mol. The molecule has 1 N–H and O–H groups in total. The van der Waals surface area contributed by atoms with Crippen LogP contribution >= 0.6 is 11.6 Å². The SMILES string of the molecule is C=C(C)CN(CC)CC(O)c1ccc(Cl)cc1. The Labute approximate surface area is 109 Å². The van der Waals surface area contributed by atoms with Crippen molar-refractivity contribution in [3.05, 3.63) is 47.0 Å². The van der Waals surface area contributed by atoms with Gasteiger partial charge < -0.3 is 5.11 Å². The molecule has 0 amide bonds. The quantitative estimate of drug-likeness (QED) is 0.787. The minimum absolute atomic E-state index is 0.480. The van der Waals surface area contributed by atoms with Crippen LogP contribution in [-0.2, 0) is 0 Å². The Hall–Kier alpha value is -0.830. The van der Waals surface area contributed by atoms with Crippen molar-refractivity contribution in [1.29, 1.82) is 0 Å². The second-order valence-corrected chi connectivity index (χ2v) is 4.79. The lowest BCUT2D eigenvalue weighted by atomic mass is 10.1. The average molecular weight is 254 g/mol. The van der Waals surface area contributed by atoms with Gasteiger partial charge >= 0.3 is 0 Å². The van der Waals surface area contributed by atoms with Crippen molar-refractivity contribution in [3.8, 4) is 0 Å². The molecule has 0 saturated heterocycles. The smallest absolute Gasteiger partial charge is 0.0917 e. The van der Waals surface area contributed by atoms with Crippen LogP contribution in [0, 0.1) is 0 Å². The Balaban J connectivity index is 2.60. The minimum atomic E-state index is -0.480. The monoisotopic (exact) mass is 253 g/mol. The second kappa shape index (κ2) is 6.80. The molecule has 1 aromatic carbocycles. The third-order valence-corrected chi connectivity index (χ3v) is 2.88. The summed E-state index contributed by atoms with van der Waals surface area (Å²) in [6.45, 7) is 10.3. The van der Waals surface area contributed by atoms with Crippen LogP contribution in [0.4, 0.5) is 0 Å². The van der Waals surface area contributed by atoms with Gasteiger partial charge in [-0.05, 0) is 31.2 Å². The zero-order valence-electron chi connectivity index (χ0n) is 10.5. The van der Waals surface area contributed by atoms with E-state index in [-0.39, 0.29) is 0 Å². The number of aliphatic hydroxyl groups excluding tert-OH is 1. The van der Waals surface area contributed by atoms with Gasteiger partial charge in [0.15, 0.2) is 0 Å². The lowest BCUT2D eigenvalue weighted by molar-refractivity contribution is 0.121. The van der Waals surface area contributed by atoms with E-state index >= 15 is 0 Å². The normalized spacial score (nSPS) is 12.8. The maximum absolute atomic E-state index is 10.1. The fourth-order valence-corrected chi connectivity index (χ4v) is 1.85. The van der Waals surface area contributed by atoms with Crippen molar-refractivity contribution >= 4 is 11.6 Å². The van der Waals surface area contributed by atoms with E-state index in [0.717, 1.165) is 24.2 Å². The molecule has 0 bridgehead atoms. The average Bonchev–Trinajstić information content (AvgIpc) is 2.28. The maximum Gasteiger partial charge on any atom is 0.0917 e. The number of hydrogen-bond donors (Lipinski definition) is 1. The van der Waals surface area contributed by atoms with Crippen molar-refractivity contribution in [2.45, 2.75) is 20.0 Å². The molecule has 2 nitrogen and oxygen atoms in total. The van der Waals surface area contributed by atoms with Crippen LogP contribution in [0.2, 0.25) is 5.02 Å². The molecule has 0 spiro atoms. The van der Waals surface area contributed by atoms with E-state index < -0.39 is 6.10 Å². The maximum atomic E-state index is 10.1. The highest BCUT2D eigenvalue weighted by atomic mass is 35.5. The first-order chi connectivity index (χ1) is 8.02. The summed E-state index contributed by atoms with van der Waals surface area (Å²) in [6.07, 6.45) is -0.480. The van der Waals surface area contributed by atoms with Gasteiger partial charge in [0.05, 0.1) is 6.10 Å². The molecule has 17 heavy (non-hydrogen) atoms. The topological polar surface area (TPSA) is 23.5 Å². The van der Waals surface area contributed by atoms with Crippen molar-refractivity contribution in [3.63, 3.8) is 0 Å². The fourth-order valence-electron chi connectivity index (χ4n) is 1.72. The van der Waals surface area contributed by atoms with Gasteiger partial charge in [0.25, 0.3) is 0 Å². The number of benzene rings is 1. The first kappa shape index (κ1) is 14.2. The molecule has 94 valence electrons. The van der Waals surface area contributed by atoms with E-state index in [1.165, 1.54) is 0 Å². The predicted octanol–water partition coefficient (Wildman–Crippen LogP) is 3.27. The lowest BCUT2D eigenvalue weighted by Crippen LogP contribution is -2.29. The third kappa shape index (κ3) is 4.90. The van der Waals surface area contributed by atoms with Crippen LogP contribution in [0.5, 0.6) is 0 Å². The highest BCUT2D eigenvalue weighted by molar-refractivity contribution is 6.30. The zero-order chi connectivity index (χ0) is 12.8. The van der Waals surface area contributed by atoms with E-state index in [1.807, 2.05) is 19.1 Å². The van der Waals surface area contributed by atoms with Crippen molar-refractivity contribution in [1.82, 2.24) is 4.90 Å². The molecule has 0 fully saturated rings. The summed E-state index contributed by atoms with van der Waals surface area (Å²) >= 11 is 5.81. The highest BCUT2D eigenvalue weighted by Crippen LogP contribution is 2.17. The summed E-state index contributed by atoms with van der Waals surface area (Å²) in [7, 11) is 0. The molecule has 3 heteroatoms. The van der Waals surface area contributed by atoms with Crippen LogP contribution in [0.1, 0.15) is 25.5 Å². The first-order valence-electron chi connectivity index (χ1n) is 5.83. The molecule has 0 saturated carbocycles. The Morgan fingerprint density at radius 1 is 1.41 bits per heavy atom. The third-order valence-electron chi connectivity index (χ3n) is 2.63. The number of hydrogen-bond acceptors (Lipinski definition) is 2. The van der Waals surface area contributed by atoms with Gasteiger partial charge in [-0.25, -0.2) is 0 Å². The lowest BCUT2D eigenvalue weighted by Gasteiger charge is -2.23. The van der Waals surface area contributed by atoms with Gasteiger partial charge in [-0.1, -0.05) is 42.8 Å². The Bertz CT molecular complexity index is 361. The number of nitrogens with zero attached hydrogens (tertiary/aromatic N) is 1. The summed E-state index contributed by atoms with van der Waals surface area (Å²) in [5.74, 6) is 0. The van der Waals surface area contributed by atoms with Crippen molar-refractivity contribution in [2.24, 2.45) is 0 Å². The number of aliphatic hydroxyl groups is 1. The predicted molar refractivity (Wildman–Crippen MR) is 73.3 cm³/mol. The van der Waals surface area contributed by atoms with Crippen molar-refractivity contribution in [2.75, 3.05) is 19.6 Å². The van der Waals surface area contributed by atoms with Gasteiger partial charge in [0.2, 0.25) is 0 Å². The fraction of sp³-hybridized carbons (Fsp3) is 0.429. The second-order valence-electron chi connectivity index (χ2n) is 4.35. The van der Waals surface area contributed by atoms with Gasteiger partial charge in [0.1, 0.15) is 0 Å². The van der Waals surface area contributed by atoms with E-state index in [4.69, 9.17) is 11.6 Å². The first-order valence-corrected chi connectivity index (χ1v) is 6.21. The molecule has 1 unspecified atom stereocenters. The molecule has 0 aromatic heterocycles. The van der Waals surface area contributed by atoms with E-state index in [0.29, 0.717) is 11.6 Å². The zero-order valence-corrected chi connectivity index (χ0v) is 11.2. The summed E-state index contributed by atoms with van der Waals surface area (Å²) < 4.78 is 0. The van der Waals surface area contributed by atoms with E-state index in [2.05, 4.69) is 18.4 Å². The number of halogens is 1. The van der Waals surface area contributed by atoms with Crippen LogP contribution in [-0.4, -0.2) is 29.6 Å². The van der Waals surface area contributed by atoms with Crippen molar-refractivity contribution < 1.29 is 5.11 Å². The molecule has 0 heterocycles. The highest BCUT2D eigenvalue weighted by Gasteiger charge is 2.12. The van der Waals surface area contributed by atoms with Crippen LogP contribution in [0.25, 0.3) is 0 Å². The molecule has 1 rings (SSSR count). The molecule has 1 atom stereocenters. The Morgan fingerprint density at radius 3 is 2.47 bits per heavy atom.